The second kappa shape index (κ2) is 9.37. The van der Waals surface area contributed by atoms with Crippen molar-refractivity contribution < 1.29 is 17.8 Å². The van der Waals surface area contributed by atoms with Gasteiger partial charge < -0.3 is 4.42 Å². The second-order valence-electron chi connectivity index (χ2n) is 6.21. The smallest absolute Gasteiger partial charge is 0.277 e. The first kappa shape index (κ1) is 21.9. The fourth-order valence-electron chi connectivity index (χ4n) is 2.79. The summed E-state index contributed by atoms with van der Waals surface area (Å²) in [6.07, 6.45) is 0. The third kappa shape index (κ3) is 4.86. The Kier molecular flexibility index (Phi) is 6.85. The van der Waals surface area contributed by atoms with Crippen LogP contribution in [0.2, 0.25) is 0 Å². The number of nitro groups is 1. The summed E-state index contributed by atoms with van der Waals surface area (Å²) in [5, 5.41) is 19.1. The van der Waals surface area contributed by atoms with Crippen molar-refractivity contribution in [2.75, 3.05) is 13.1 Å². The van der Waals surface area contributed by atoms with Gasteiger partial charge in [-0.15, -0.1) is 10.2 Å². The molecule has 0 amide bonds. The summed E-state index contributed by atoms with van der Waals surface area (Å²) in [6, 6.07) is 12.7. The molecule has 0 aliphatic carbocycles. The van der Waals surface area contributed by atoms with Crippen molar-refractivity contribution in [2.45, 2.75) is 29.7 Å². The lowest BCUT2D eigenvalue weighted by Gasteiger charge is -2.18. The van der Waals surface area contributed by atoms with Gasteiger partial charge >= 0.3 is 0 Å². The van der Waals surface area contributed by atoms with E-state index in [1.807, 2.05) is 0 Å². The molecule has 0 aliphatic heterocycles. The van der Waals surface area contributed by atoms with E-state index in [-0.39, 0.29) is 21.7 Å². The zero-order valence-corrected chi connectivity index (χ0v) is 18.0. The van der Waals surface area contributed by atoms with Gasteiger partial charge in [-0.1, -0.05) is 43.8 Å². The van der Waals surface area contributed by atoms with E-state index in [2.05, 4.69) is 10.2 Å². The van der Waals surface area contributed by atoms with Crippen LogP contribution in [-0.4, -0.2) is 40.9 Å². The maximum Gasteiger partial charge on any atom is 0.277 e. The molecule has 0 fully saturated rings. The average molecular weight is 449 g/mol. The lowest BCUT2D eigenvalue weighted by Crippen LogP contribution is -2.30. The van der Waals surface area contributed by atoms with E-state index >= 15 is 0 Å². The zero-order valence-electron chi connectivity index (χ0n) is 16.4. The van der Waals surface area contributed by atoms with Gasteiger partial charge in [-0.3, -0.25) is 10.1 Å². The van der Waals surface area contributed by atoms with Crippen molar-refractivity contribution in [1.29, 1.82) is 0 Å². The lowest BCUT2D eigenvalue weighted by molar-refractivity contribution is -0.384. The van der Waals surface area contributed by atoms with Crippen LogP contribution in [0.5, 0.6) is 0 Å². The van der Waals surface area contributed by atoms with Crippen LogP contribution in [0.3, 0.4) is 0 Å². The molecule has 1 aromatic heterocycles. The summed E-state index contributed by atoms with van der Waals surface area (Å²) in [7, 11) is -3.60. The van der Waals surface area contributed by atoms with Crippen LogP contribution in [-0.2, 0) is 15.8 Å². The van der Waals surface area contributed by atoms with E-state index in [0.717, 1.165) is 5.56 Å². The number of benzene rings is 2. The molecule has 11 heteroatoms. The molecule has 3 rings (SSSR count). The Morgan fingerprint density at radius 1 is 1.10 bits per heavy atom. The molecule has 2 aromatic carbocycles. The zero-order chi connectivity index (χ0) is 21.7. The van der Waals surface area contributed by atoms with Gasteiger partial charge in [0.2, 0.25) is 15.9 Å². The van der Waals surface area contributed by atoms with E-state index in [1.165, 1.54) is 40.3 Å². The summed E-state index contributed by atoms with van der Waals surface area (Å²) in [4.78, 5) is 10.6. The number of hydrogen-bond acceptors (Lipinski definition) is 8. The van der Waals surface area contributed by atoms with Gasteiger partial charge in [0.15, 0.2) is 0 Å². The molecule has 0 bridgehead atoms. The molecule has 0 N–H and O–H groups in total. The Morgan fingerprint density at radius 2 is 1.83 bits per heavy atom. The maximum absolute atomic E-state index is 12.7. The minimum Gasteiger partial charge on any atom is -0.411 e. The SMILES string of the molecule is CCN(CC)S(=O)(=O)c1cccc(-c2nnc(SCc3cccc([N+](=O)[O-])c3)o2)c1. The Hall–Kier alpha value is -2.76. The number of aromatic nitrogens is 2. The Balaban J connectivity index is 1.77. The fraction of sp³-hybridized carbons (Fsp3) is 0.263. The highest BCUT2D eigenvalue weighted by molar-refractivity contribution is 7.98. The van der Waals surface area contributed by atoms with Crippen molar-refractivity contribution in [1.82, 2.24) is 14.5 Å². The number of nitro benzene ring substituents is 1. The summed E-state index contributed by atoms with van der Waals surface area (Å²) >= 11 is 1.24. The maximum atomic E-state index is 12.7. The number of non-ortho nitro benzene ring substituents is 1. The van der Waals surface area contributed by atoms with Crippen molar-refractivity contribution in [3.8, 4) is 11.5 Å². The van der Waals surface area contributed by atoms with Crippen molar-refractivity contribution in [3.63, 3.8) is 0 Å². The summed E-state index contributed by atoms with van der Waals surface area (Å²) in [5.74, 6) is 0.618. The van der Waals surface area contributed by atoms with Gasteiger partial charge in [-0.2, -0.15) is 4.31 Å². The minimum atomic E-state index is -3.60. The molecule has 0 saturated heterocycles. The van der Waals surface area contributed by atoms with Gasteiger partial charge in [0.05, 0.1) is 9.82 Å². The van der Waals surface area contributed by atoms with Crippen LogP contribution in [0.1, 0.15) is 19.4 Å². The normalized spacial score (nSPS) is 11.7. The monoisotopic (exact) mass is 448 g/mol. The number of rotatable bonds is 9. The van der Waals surface area contributed by atoms with Crippen LogP contribution in [0.4, 0.5) is 5.69 Å². The van der Waals surface area contributed by atoms with Gasteiger partial charge in [0.1, 0.15) is 0 Å². The molecule has 0 atom stereocenters. The van der Waals surface area contributed by atoms with Crippen LogP contribution in [0, 0.1) is 10.1 Å². The molecule has 0 unspecified atom stereocenters. The first-order valence-electron chi connectivity index (χ1n) is 9.15. The minimum absolute atomic E-state index is 0.0190. The largest absolute Gasteiger partial charge is 0.411 e. The van der Waals surface area contributed by atoms with Crippen molar-refractivity contribution >= 4 is 27.5 Å². The molecule has 9 nitrogen and oxygen atoms in total. The Labute approximate surface area is 178 Å². The van der Waals surface area contributed by atoms with Crippen LogP contribution in [0.15, 0.2) is 63.1 Å². The second-order valence-corrected chi connectivity index (χ2v) is 9.07. The average Bonchev–Trinajstić information content (AvgIpc) is 3.22. The van der Waals surface area contributed by atoms with Crippen LogP contribution >= 0.6 is 11.8 Å². The quantitative estimate of drug-likeness (QED) is 0.274. The highest BCUT2D eigenvalue weighted by Crippen LogP contribution is 2.28. The molecule has 1 heterocycles. The standard InChI is InChI=1S/C19H20N4O5S2/c1-3-22(4-2)30(26,27)17-10-6-8-15(12-17)18-20-21-19(28-18)29-13-14-7-5-9-16(11-14)23(24)25/h5-12H,3-4,13H2,1-2H3. The molecular formula is C19H20N4O5S2. The molecule has 158 valence electrons. The first-order chi connectivity index (χ1) is 14.3. The van der Waals surface area contributed by atoms with E-state index in [9.17, 15) is 18.5 Å². The molecular weight excluding hydrogens is 428 g/mol. The summed E-state index contributed by atoms with van der Waals surface area (Å²) < 4.78 is 32.5. The summed E-state index contributed by atoms with van der Waals surface area (Å²) in [6.45, 7) is 4.33. The van der Waals surface area contributed by atoms with Gasteiger partial charge in [0, 0.05) is 36.5 Å². The molecule has 0 saturated carbocycles. The van der Waals surface area contributed by atoms with Gasteiger partial charge in [-0.25, -0.2) is 8.42 Å². The third-order valence-electron chi connectivity index (χ3n) is 4.31. The highest BCUT2D eigenvalue weighted by atomic mass is 32.2. The van der Waals surface area contributed by atoms with Gasteiger partial charge in [-0.05, 0) is 23.8 Å². The van der Waals surface area contributed by atoms with Crippen molar-refractivity contribution in [3.05, 3.63) is 64.2 Å². The molecule has 0 radical (unpaired) electrons. The molecule has 0 spiro atoms. The lowest BCUT2D eigenvalue weighted by atomic mass is 10.2. The predicted octanol–water partition coefficient (Wildman–Crippen LogP) is 3.97. The number of nitrogens with zero attached hydrogens (tertiary/aromatic N) is 4. The number of hydrogen-bond donors (Lipinski definition) is 0. The summed E-state index contributed by atoms with van der Waals surface area (Å²) in [5.41, 5.74) is 1.27. The van der Waals surface area contributed by atoms with Crippen LogP contribution in [0.25, 0.3) is 11.5 Å². The molecule has 3 aromatic rings. The fourth-order valence-corrected chi connectivity index (χ4v) is 5.00. The molecule has 0 aliphatic rings. The van der Waals surface area contributed by atoms with Gasteiger partial charge in [0.25, 0.3) is 10.9 Å². The Bertz CT molecular complexity index is 1140. The predicted molar refractivity (Wildman–Crippen MR) is 112 cm³/mol. The topological polar surface area (TPSA) is 119 Å². The van der Waals surface area contributed by atoms with Crippen molar-refractivity contribution in [2.24, 2.45) is 0 Å². The van der Waals surface area contributed by atoms with E-state index in [4.69, 9.17) is 4.42 Å². The van der Waals surface area contributed by atoms with E-state index < -0.39 is 14.9 Å². The molecule has 30 heavy (non-hydrogen) atoms. The van der Waals surface area contributed by atoms with Crippen LogP contribution < -0.4 is 0 Å². The van der Waals surface area contributed by atoms with E-state index in [1.54, 1.807) is 38.1 Å². The first-order valence-corrected chi connectivity index (χ1v) is 11.6. The Morgan fingerprint density at radius 3 is 2.53 bits per heavy atom. The number of sulfonamides is 1. The third-order valence-corrected chi connectivity index (χ3v) is 7.25. The highest BCUT2D eigenvalue weighted by Gasteiger charge is 2.22. The number of thioether (sulfide) groups is 1. The van der Waals surface area contributed by atoms with E-state index in [0.29, 0.717) is 24.4 Å².